The average molecular weight is 912 g/mol. The van der Waals surface area contributed by atoms with E-state index in [4.69, 9.17) is 9.05 Å². The van der Waals surface area contributed by atoms with Crippen LogP contribution in [0.3, 0.4) is 0 Å². The van der Waals surface area contributed by atoms with Gasteiger partial charge in [0, 0.05) is 6.42 Å². The summed E-state index contributed by atoms with van der Waals surface area (Å²) in [5.41, 5.74) is 0. The molecule has 374 valence electrons. The molecule has 1 amide bonds. The van der Waals surface area contributed by atoms with Gasteiger partial charge in [-0.3, -0.25) is 13.8 Å². The van der Waals surface area contributed by atoms with Crippen LogP contribution in [0.25, 0.3) is 0 Å². The molecule has 0 fully saturated rings. The van der Waals surface area contributed by atoms with Crippen LogP contribution in [0.5, 0.6) is 0 Å². The van der Waals surface area contributed by atoms with E-state index in [1.54, 1.807) is 6.08 Å². The first-order valence-electron chi connectivity index (χ1n) is 27.2. The molecule has 0 saturated carbocycles. The highest BCUT2D eigenvalue weighted by molar-refractivity contribution is 7.47. The molecule has 0 aromatic rings. The summed E-state index contributed by atoms with van der Waals surface area (Å²) in [5, 5.41) is 13.9. The summed E-state index contributed by atoms with van der Waals surface area (Å²) in [7, 11) is 1.57. The van der Waals surface area contributed by atoms with Gasteiger partial charge in [-0.1, -0.05) is 244 Å². The maximum absolute atomic E-state index is 12.9. The maximum atomic E-state index is 12.9. The minimum Gasteiger partial charge on any atom is -0.387 e. The molecule has 63 heavy (non-hydrogen) atoms. The molecule has 0 bridgehead atoms. The number of rotatable bonds is 50. The zero-order valence-corrected chi connectivity index (χ0v) is 43.5. The van der Waals surface area contributed by atoms with E-state index < -0.39 is 20.0 Å². The van der Waals surface area contributed by atoms with Crippen molar-refractivity contribution in [1.29, 1.82) is 0 Å². The number of phosphoric ester groups is 1. The van der Waals surface area contributed by atoms with Gasteiger partial charge in [-0.2, -0.15) is 0 Å². The van der Waals surface area contributed by atoms with Crippen LogP contribution < -0.4 is 5.32 Å². The van der Waals surface area contributed by atoms with E-state index in [-0.39, 0.29) is 19.1 Å². The lowest BCUT2D eigenvalue weighted by Crippen LogP contribution is -2.45. The number of unbranched alkanes of at least 4 members (excludes halogenated alkanes) is 35. The minimum atomic E-state index is -4.34. The third-order valence-corrected chi connectivity index (χ3v) is 13.4. The molecule has 3 unspecified atom stereocenters. The molecule has 0 aliphatic heterocycles. The van der Waals surface area contributed by atoms with Gasteiger partial charge in [0.05, 0.1) is 39.9 Å². The first-order chi connectivity index (χ1) is 30.5. The standard InChI is InChI=1S/C54H107N2O6P/c1-6-8-10-12-14-16-18-19-20-21-22-23-24-25-26-27-28-29-30-31-32-33-34-35-36-38-39-41-43-45-47-53(57)52(51-62-63(59,60)61-50-49-56(3,4)5)55-54(58)48-46-44-42-40-37-17-15-13-11-9-7-2/h13,15,45,47,52-53,57H,6-12,14,16-44,46,48-51H2,1-5H3,(H-,55,58,59,60)/p+1/b15-13-,47-45+. The molecule has 0 heterocycles. The van der Waals surface area contributed by atoms with Crippen molar-refractivity contribution in [1.82, 2.24) is 5.32 Å². The van der Waals surface area contributed by atoms with Crippen LogP contribution >= 0.6 is 7.82 Å². The molecular weight excluding hydrogens is 804 g/mol. The van der Waals surface area contributed by atoms with Gasteiger partial charge in [0.25, 0.3) is 0 Å². The lowest BCUT2D eigenvalue weighted by atomic mass is 10.0. The maximum Gasteiger partial charge on any atom is 0.472 e. The van der Waals surface area contributed by atoms with Crippen molar-refractivity contribution >= 4 is 13.7 Å². The SMILES string of the molecule is CCCC/C=C\CCCCCCCC(=O)NC(COP(=O)(O)OCC[N+](C)(C)C)C(O)/C=C/CCCCCCCCCCCCCCCCCCCCCCCCCCCCCC. The molecular formula is C54H108N2O6P+. The fourth-order valence-corrected chi connectivity index (χ4v) is 8.82. The van der Waals surface area contributed by atoms with Gasteiger partial charge in [-0.15, -0.1) is 0 Å². The Morgan fingerprint density at radius 2 is 0.873 bits per heavy atom. The molecule has 0 aromatic heterocycles. The lowest BCUT2D eigenvalue weighted by molar-refractivity contribution is -0.870. The number of likely N-dealkylation sites (N-methyl/N-ethyl adjacent to an activating group) is 1. The number of carbonyl (C=O) groups is 1. The Labute approximate surface area is 392 Å². The Bertz CT molecular complexity index is 1080. The van der Waals surface area contributed by atoms with Crippen molar-refractivity contribution in [2.24, 2.45) is 0 Å². The number of amides is 1. The molecule has 0 aromatic carbocycles. The van der Waals surface area contributed by atoms with Gasteiger partial charge in [-0.25, -0.2) is 4.57 Å². The largest absolute Gasteiger partial charge is 0.472 e. The van der Waals surface area contributed by atoms with E-state index in [9.17, 15) is 19.4 Å². The van der Waals surface area contributed by atoms with Crippen LogP contribution in [0, 0.1) is 0 Å². The van der Waals surface area contributed by atoms with Crippen LogP contribution in [-0.2, 0) is 18.4 Å². The monoisotopic (exact) mass is 912 g/mol. The van der Waals surface area contributed by atoms with Crippen LogP contribution in [-0.4, -0.2) is 73.4 Å². The first kappa shape index (κ1) is 62.0. The van der Waals surface area contributed by atoms with Gasteiger partial charge >= 0.3 is 7.82 Å². The van der Waals surface area contributed by atoms with E-state index in [1.165, 1.54) is 193 Å². The second kappa shape index (κ2) is 46.1. The second-order valence-corrected chi connectivity index (χ2v) is 21.4. The topological polar surface area (TPSA) is 105 Å². The van der Waals surface area contributed by atoms with Gasteiger partial charge in [-0.05, 0) is 38.5 Å². The third kappa shape index (κ3) is 48.7. The zero-order valence-electron chi connectivity index (χ0n) is 42.6. The van der Waals surface area contributed by atoms with E-state index in [0.717, 1.165) is 51.4 Å². The summed E-state index contributed by atoms with van der Waals surface area (Å²) in [6, 6.07) is -0.848. The molecule has 0 aliphatic carbocycles. The first-order valence-corrected chi connectivity index (χ1v) is 28.7. The molecule has 3 atom stereocenters. The molecule has 8 nitrogen and oxygen atoms in total. The smallest absolute Gasteiger partial charge is 0.387 e. The molecule has 0 saturated heterocycles. The number of allylic oxidation sites excluding steroid dienone is 3. The van der Waals surface area contributed by atoms with Crippen LogP contribution in [0.2, 0.25) is 0 Å². The molecule has 0 aliphatic rings. The van der Waals surface area contributed by atoms with Crippen molar-refractivity contribution in [3.05, 3.63) is 24.3 Å². The Morgan fingerprint density at radius 1 is 0.524 bits per heavy atom. The van der Waals surface area contributed by atoms with Crippen molar-refractivity contribution in [2.75, 3.05) is 40.9 Å². The normalized spacial score (nSPS) is 14.2. The van der Waals surface area contributed by atoms with Gasteiger partial charge in [0.1, 0.15) is 13.2 Å². The summed E-state index contributed by atoms with van der Waals surface area (Å²) in [6.45, 7) is 4.79. The number of hydrogen-bond donors (Lipinski definition) is 3. The summed E-state index contributed by atoms with van der Waals surface area (Å²) in [6.07, 6.45) is 57.2. The van der Waals surface area contributed by atoms with Crippen molar-refractivity contribution in [3.63, 3.8) is 0 Å². The average Bonchev–Trinajstić information content (AvgIpc) is 3.24. The van der Waals surface area contributed by atoms with Crippen LogP contribution in [0.15, 0.2) is 24.3 Å². The van der Waals surface area contributed by atoms with E-state index in [0.29, 0.717) is 17.4 Å². The minimum absolute atomic E-state index is 0.0611. The highest BCUT2D eigenvalue weighted by Gasteiger charge is 2.27. The Morgan fingerprint density at radius 3 is 1.27 bits per heavy atom. The lowest BCUT2D eigenvalue weighted by Gasteiger charge is -2.25. The second-order valence-electron chi connectivity index (χ2n) is 20.0. The Hall–Kier alpha value is -1.02. The fraction of sp³-hybridized carbons (Fsp3) is 0.907. The van der Waals surface area contributed by atoms with Gasteiger partial charge < -0.3 is 19.8 Å². The third-order valence-electron chi connectivity index (χ3n) is 12.4. The van der Waals surface area contributed by atoms with E-state index in [1.807, 2.05) is 27.2 Å². The highest BCUT2D eigenvalue weighted by atomic mass is 31.2. The van der Waals surface area contributed by atoms with Crippen molar-refractivity contribution in [3.8, 4) is 0 Å². The summed E-state index contributed by atoms with van der Waals surface area (Å²) < 4.78 is 23.6. The zero-order chi connectivity index (χ0) is 46.4. The summed E-state index contributed by atoms with van der Waals surface area (Å²) >= 11 is 0. The number of quaternary nitrogens is 1. The number of nitrogens with one attached hydrogen (secondary N) is 1. The van der Waals surface area contributed by atoms with Crippen LogP contribution in [0.4, 0.5) is 0 Å². The molecule has 9 heteroatoms. The molecule has 0 radical (unpaired) electrons. The number of aliphatic hydroxyl groups excluding tert-OH is 1. The quantitative estimate of drug-likeness (QED) is 0.0243. The van der Waals surface area contributed by atoms with Gasteiger partial charge in [0.15, 0.2) is 0 Å². The summed E-state index contributed by atoms with van der Waals surface area (Å²) in [5.74, 6) is -0.186. The number of aliphatic hydroxyl groups is 1. The molecule has 0 rings (SSSR count). The number of hydrogen-bond acceptors (Lipinski definition) is 5. The number of phosphoric acid groups is 1. The predicted octanol–water partition coefficient (Wildman–Crippen LogP) is 16.0. The Balaban J connectivity index is 4.06. The number of carbonyl (C=O) groups excluding carboxylic acids is 1. The van der Waals surface area contributed by atoms with Crippen molar-refractivity contribution in [2.45, 2.75) is 276 Å². The molecule has 0 spiro atoms. The fourth-order valence-electron chi connectivity index (χ4n) is 8.08. The number of nitrogens with zero attached hydrogens (tertiary/aromatic N) is 1. The molecule has 3 N–H and O–H groups in total. The summed E-state index contributed by atoms with van der Waals surface area (Å²) in [4.78, 5) is 23.1. The van der Waals surface area contributed by atoms with E-state index in [2.05, 4.69) is 31.3 Å². The van der Waals surface area contributed by atoms with Gasteiger partial charge in [0.2, 0.25) is 5.91 Å². The van der Waals surface area contributed by atoms with Crippen molar-refractivity contribution < 1.29 is 32.9 Å². The van der Waals surface area contributed by atoms with Crippen LogP contribution in [0.1, 0.15) is 264 Å². The van der Waals surface area contributed by atoms with E-state index >= 15 is 0 Å². The Kier molecular flexibility index (Phi) is 45.4. The predicted molar refractivity (Wildman–Crippen MR) is 272 cm³/mol. The highest BCUT2D eigenvalue weighted by Crippen LogP contribution is 2.43.